The lowest BCUT2D eigenvalue weighted by atomic mass is 10.1. The molecular weight excluding hydrogens is 246 g/mol. The van der Waals surface area contributed by atoms with E-state index in [4.69, 9.17) is 0 Å². The first-order valence-corrected chi connectivity index (χ1v) is 6.93. The SMILES string of the molecule is CCCNC1c2ccccc2CC1N(C)CC(F)F. The Balaban J connectivity index is 2.15. The normalized spacial score (nSPS) is 22.2. The summed E-state index contributed by atoms with van der Waals surface area (Å²) in [4.78, 5) is 1.79. The maximum Gasteiger partial charge on any atom is 0.251 e. The van der Waals surface area contributed by atoms with Crippen molar-refractivity contribution in [3.05, 3.63) is 35.4 Å². The van der Waals surface area contributed by atoms with Crippen molar-refractivity contribution in [1.82, 2.24) is 10.2 Å². The number of benzene rings is 1. The van der Waals surface area contributed by atoms with Gasteiger partial charge in [0.1, 0.15) is 0 Å². The van der Waals surface area contributed by atoms with Crippen molar-refractivity contribution in [3.8, 4) is 0 Å². The molecule has 106 valence electrons. The highest BCUT2D eigenvalue weighted by atomic mass is 19.3. The minimum atomic E-state index is -2.28. The Bertz CT molecular complexity index is 409. The molecule has 0 saturated carbocycles. The molecule has 0 aliphatic heterocycles. The van der Waals surface area contributed by atoms with E-state index in [0.717, 1.165) is 19.4 Å². The molecule has 2 nitrogen and oxygen atoms in total. The summed E-state index contributed by atoms with van der Waals surface area (Å²) in [5, 5.41) is 3.51. The monoisotopic (exact) mass is 268 g/mol. The quantitative estimate of drug-likeness (QED) is 0.853. The van der Waals surface area contributed by atoms with E-state index in [2.05, 4.69) is 24.4 Å². The lowest BCUT2D eigenvalue weighted by molar-refractivity contribution is 0.0734. The molecule has 1 aliphatic carbocycles. The third-order valence-corrected chi connectivity index (χ3v) is 3.81. The number of hydrogen-bond acceptors (Lipinski definition) is 2. The number of alkyl halides is 2. The molecule has 2 atom stereocenters. The number of nitrogens with zero attached hydrogens (tertiary/aromatic N) is 1. The van der Waals surface area contributed by atoms with Crippen molar-refractivity contribution >= 4 is 0 Å². The van der Waals surface area contributed by atoms with Crippen LogP contribution in [0.15, 0.2) is 24.3 Å². The highest BCUT2D eigenvalue weighted by Crippen LogP contribution is 2.34. The Hall–Kier alpha value is -1.00. The fraction of sp³-hybridized carbons (Fsp3) is 0.600. The van der Waals surface area contributed by atoms with Gasteiger partial charge in [-0.2, -0.15) is 0 Å². The molecule has 19 heavy (non-hydrogen) atoms. The van der Waals surface area contributed by atoms with E-state index in [1.807, 2.05) is 12.1 Å². The summed E-state index contributed by atoms with van der Waals surface area (Å²) in [6, 6.07) is 8.54. The van der Waals surface area contributed by atoms with Gasteiger partial charge in [-0.3, -0.25) is 4.90 Å². The van der Waals surface area contributed by atoms with Crippen LogP contribution in [0.1, 0.15) is 30.5 Å². The molecular formula is C15H22F2N2. The Labute approximate surface area is 113 Å². The van der Waals surface area contributed by atoms with E-state index >= 15 is 0 Å². The lowest BCUT2D eigenvalue weighted by Gasteiger charge is -2.30. The van der Waals surface area contributed by atoms with Crippen LogP contribution in [0.4, 0.5) is 8.78 Å². The van der Waals surface area contributed by atoms with E-state index in [9.17, 15) is 8.78 Å². The van der Waals surface area contributed by atoms with Crippen LogP contribution in [0.2, 0.25) is 0 Å². The summed E-state index contributed by atoms with van der Waals surface area (Å²) in [7, 11) is 1.79. The van der Waals surface area contributed by atoms with Gasteiger partial charge in [-0.25, -0.2) is 8.78 Å². The zero-order valence-electron chi connectivity index (χ0n) is 11.6. The van der Waals surface area contributed by atoms with Gasteiger partial charge in [-0.05, 0) is 37.6 Å². The molecule has 0 heterocycles. The molecule has 0 aromatic heterocycles. The first-order valence-electron chi connectivity index (χ1n) is 6.93. The van der Waals surface area contributed by atoms with Gasteiger partial charge >= 0.3 is 0 Å². The summed E-state index contributed by atoms with van der Waals surface area (Å²) in [5.41, 5.74) is 2.55. The highest BCUT2D eigenvalue weighted by Gasteiger charge is 2.34. The summed E-state index contributed by atoms with van der Waals surface area (Å²) < 4.78 is 25.2. The molecule has 4 heteroatoms. The molecule has 1 aromatic carbocycles. The Morgan fingerprint density at radius 2 is 2.11 bits per heavy atom. The van der Waals surface area contributed by atoms with Crippen LogP contribution in [0, 0.1) is 0 Å². The zero-order chi connectivity index (χ0) is 13.8. The Kier molecular flexibility index (Phi) is 4.88. The number of nitrogens with one attached hydrogen (secondary N) is 1. The molecule has 0 radical (unpaired) electrons. The molecule has 1 N–H and O–H groups in total. The van der Waals surface area contributed by atoms with Gasteiger partial charge in [-0.15, -0.1) is 0 Å². The Morgan fingerprint density at radius 1 is 1.37 bits per heavy atom. The second-order valence-electron chi connectivity index (χ2n) is 5.23. The first-order chi connectivity index (χ1) is 9.13. The predicted molar refractivity (Wildman–Crippen MR) is 73.6 cm³/mol. The maximum atomic E-state index is 12.6. The Morgan fingerprint density at radius 3 is 2.79 bits per heavy atom. The third kappa shape index (κ3) is 3.31. The van der Waals surface area contributed by atoms with Crippen molar-refractivity contribution in [1.29, 1.82) is 0 Å². The van der Waals surface area contributed by atoms with Gasteiger partial charge in [0.15, 0.2) is 0 Å². The van der Waals surface area contributed by atoms with Crippen molar-refractivity contribution in [2.24, 2.45) is 0 Å². The molecule has 1 aliphatic rings. The topological polar surface area (TPSA) is 15.3 Å². The van der Waals surface area contributed by atoms with Gasteiger partial charge in [0.25, 0.3) is 6.43 Å². The summed E-state index contributed by atoms with van der Waals surface area (Å²) in [6.45, 7) is 2.87. The molecule has 2 unspecified atom stereocenters. The van der Waals surface area contributed by atoms with Crippen LogP contribution < -0.4 is 5.32 Å². The number of hydrogen-bond donors (Lipinski definition) is 1. The fourth-order valence-electron chi connectivity index (χ4n) is 2.88. The van der Waals surface area contributed by atoms with Crippen LogP contribution in [-0.2, 0) is 6.42 Å². The van der Waals surface area contributed by atoms with Gasteiger partial charge < -0.3 is 5.32 Å². The van der Waals surface area contributed by atoms with Crippen LogP contribution in [-0.4, -0.2) is 37.5 Å². The van der Waals surface area contributed by atoms with Gasteiger partial charge in [0.05, 0.1) is 6.54 Å². The summed E-state index contributed by atoms with van der Waals surface area (Å²) >= 11 is 0. The molecule has 1 aromatic rings. The first kappa shape index (κ1) is 14.4. The van der Waals surface area contributed by atoms with Gasteiger partial charge in [-0.1, -0.05) is 31.2 Å². The van der Waals surface area contributed by atoms with Gasteiger partial charge in [0.2, 0.25) is 0 Å². The van der Waals surface area contributed by atoms with Crippen LogP contribution in [0.5, 0.6) is 0 Å². The van der Waals surface area contributed by atoms with Crippen molar-refractivity contribution < 1.29 is 8.78 Å². The van der Waals surface area contributed by atoms with Crippen LogP contribution >= 0.6 is 0 Å². The second-order valence-corrected chi connectivity index (χ2v) is 5.23. The van der Waals surface area contributed by atoms with Gasteiger partial charge in [0, 0.05) is 12.1 Å². The predicted octanol–water partition coefficient (Wildman–Crippen LogP) is 2.85. The molecule has 0 saturated heterocycles. The molecule has 0 spiro atoms. The fourth-order valence-corrected chi connectivity index (χ4v) is 2.88. The van der Waals surface area contributed by atoms with E-state index in [1.165, 1.54) is 11.1 Å². The molecule has 0 fully saturated rings. The summed E-state index contributed by atoms with van der Waals surface area (Å²) in [6.07, 6.45) is -0.384. The molecule has 2 rings (SSSR count). The maximum absolute atomic E-state index is 12.6. The smallest absolute Gasteiger partial charge is 0.251 e. The third-order valence-electron chi connectivity index (χ3n) is 3.81. The summed E-state index contributed by atoms with van der Waals surface area (Å²) in [5.74, 6) is 0. The van der Waals surface area contributed by atoms with Crippen LogP contribution in [0.25, 0.3) is 0 Å². The van der Waals surface area contributed by atoms with E-state index in [-0.39, 0.29) is 18.6 Å². The molecule has 0 amide bonds. The van der Waals surface area contributed by atoms with E-state index in [1.54, 1.807) is 11.9 Å². The van der Waals surface area contributed by atoms with Crippen molar-refractivity contribution in [2.75, 3.05) is 20.1 Å². The van der Waals surface area contributed by atoms with E-state index in [0.29, 0.717) is 0 Å². The lowest BCUT2D eigenvalue weighted by Crippen LogP contribution is -2.43. The number of rotatable bonds is 6. The number of halogens is 2. The minimum Gasteiger partial charge on any atom is -0.309 e. The minimum absolute atomic E-state index is 0.123. The number of fused-ring (bicyclic) bond motifs is 1. The largest absolute Gasteiger partial charge is 0.309 e. The highest BCUT2D eigenvalue weighted by molar-refractivity contribution is 5.37. The number of likely N-dealkylation sites (N-methyl/N-ethyl adjacent to an activating group) is 1. The van der Waals surface area contributed by atoms with Crippen molar-refractivity contribution in [3.63, 3.8) is 0 Å². The second kappa shape index (κ2) is 6.44. The van der Waals surface area contributed by atoms with Crippen molar-refractivity contribution in [2.45, 2.75) is 38.3 Å². The van der Waals surface area contributed by atoms with E-state index < -0.39 is 6.43 Å². The zero-order valence-corrected chi connectivity index (χ0v) is 11.6. The standard InChI is InChI=1S/C15H22F2N2/c1-3-8-18-15-12-7-5-4-6-11(12)9-13(15)19(2)10-14(16)17/h4-7,13-15,18H,3,8-10H2,1-2H3. The average molecular weight is 268 g/mol. The van der Waals surface area contributed by atoms with Crippen LogP contribution in [0.3, 0.4) is 0 Å². The average Bonchev–Trinajstić information content (AvgIpc) is 2.74. The molecule has 0 bridgehead atoms.